The topological polar surface area (TPSA) is 156 Å². The molecule has 3 heterocycles. The maximum absolute atomic E-state index is 14.5. The first-order chi connectivity index (χ1) is 24.4. The van der Waals surface area contributed by atoms with E-state index in [1.807, 2.05) is 12.1 Å². The number of aromatic nitrogens is 2. The molecule has 51 heavy (non-hydrogen) atoms. The summed E-state index contributed by atoms with van der Waals surface area (Å²) in [5.74, 6) is -1.85. The number of fused-ring (bicyclic) bond motifs is 4. The highest BCUT2D eigenvalue weighted by atomic mass is 35.5. The first-order valence-electron chi connectivity index (χ1n) is 17.4. The van der Waals surface area contributed by atoms with Crippen LogP contribution in [0.3, 0.4) is 0 Å². The smallest absolute Gasteiger partial charge is 0.286 e. The number of halogens is 1. The Morgan fingerprint density at radius 2 is 1.96 bits per heavy atom. The number of hydrogen-bond acceptors (Lipinski definition) is 9. The molecule has 2 aliphatic carbocycles. The van der Waals surface area contributed by atoms with Gasteiger partial charge in [0.05, 0.1) is 37.4 Å². The van der Waals surface area contributed by atoms with Crippen LogP contribution in [0.5, 0.6) is 11.6 Å². The van der Waals surface area contributed by atoms with Gasteiger partial charge >= 0.3 is 0 Å². The molecule has 0 radical (unpaired) electrons. The van der Waals surface area contributed by atoms with Gasteiger partial charge in [-0.1, -0.05) is 36.7 Å². The van der Waals surface area contributed by atoms with Gasteiger partial charge < -0.3 is 24.6 Å². The van der Waals surface area contributed by atoms with Crippen LogP contribution in [0.4, 0.5) is 5.69 Å². The van der Waals surface area contributed by atoms with E-state index in [9.17, 15) is 24.0 Å². The Morgan fingerprint density at radius 3 is 2.73 bits per heavy atom. The van der Waals surface area contributed by atoms with Gasteiger partial charge in [0.15, 0.2) is 0 Å². The van der Waals surface area contributed by atoms with Gasteiger partial charge in [-0.05, 0) is 91.3 Å². The summed E-state index contributed by atoms with van der Waals surface area (Å²) in [5, 5.41) is 27.2. The third-order valence-electron chi connectivity index (χ3n) is 10.9. The minimum absolute atomic E-state index is 0.0158. The summed E-state index contributed by atoms with van der Waals surface area (Å²) in [6, 6.07) is 11.2. The van der Waals surface area contributed by atoms with Gasteiger partial charge in [0.2, 0.25) is 5.88 Å². The number of nitrogens with zero attached hydrogens (tertiary/aromatic N) is 4. The lowest BCUT2D eigenvalue weighted by Crippen LogP contribution is -2.49. The number of rotatable bonds is 3. The Bertz CT molecular complexity index is 2010. The Hall–Kier alpha value is -3.91. The van der Waals surface area contributed by atoms with Crippen molar-refractivity contribution in [2.75, 3.05) is 37.5 Å². The van der Waals surface area contributed by atoms with Gasteiger partial charge in [0, 0.05) is 42.3 Å². The molecule has 12 nitrogen and oxygen atoms in total. The van der Waals surface area contributed by atoms with Crippen molar-refractivity contribution in [3.05, 3.63) is 82.0 Å². The standard InChI is InChI=1S/C37H44ClN5O7S/c1-22-19-51(48,41-35(47)28-18-42(2)39-36(28)49-3)40-34(46)24-7-13-33-30(16-24)43(17-25-6-9-27(25)32(45)12-11-31(22)44)20-37(21-50-33)14-4-5-23-15-26(38)8-10-29(23)37/h7-8,10-13,15-16,18,22,25,27,31-32,44-45H,4-6,9,14,17,19-21H2,1-3H3,(H,40,41,46,47,48)/b12-11-/t22-,25+,27-,31+,32+,37+,51?/m1/s1. The fourth-order valence-corrected chi connectivity index (χ4v) is 10.2. The molecule has 4 aliphatic rings. The Labute approximate surface area is 303 Å². The lowest BCUT2D eigenvalue weighted by Gasteiger charge is -2.45. The van der Waals surface area contributed by atoms with E-state index in [1.54, 1.807) is 38.2 Å². The van der Waals surface area contributed by atoms with E-state index in [-0.39, 0.29) is 40.0 Å². The Morgan fingerprint density at radius 1 is 1.16 bits per heavy atom. The molecule has 3 aromatic rings. The van der Waals surface area contributed by atoms with Crippen LogP contribution < -0.4 is 19.1 Å². The molecule has 1 aromatic heterocycles. The zero-order valence-corrected chi connectivity index (χ0v) is 30.5. The van der Waals surface area contributed by atoms with Gasteiger partial charge in [-0.15, -0.1) is 9.46 Å². The molecule has 1 saturated carbocycles. The number of aliphatic hydroxyl groups excluding tert-OH is 2. The predicted octanol–water partition coefficient (Wildman–Crippen LogP) is 4.46. The second-order valence-electron chi connectivity index (χ2n) is 14.5. The maximum atomic E-state index is 14.5. The Balaban J connectivity index is 1.31. The Kier molecular flexibility index (Phi) is 9.68. The van der Waals surface area contributed by atoms with E-state index in [1.165, 1.54) is 35.2 Å². The average Bonchev–Trinajstić information content (AvgIpc) is 3.40. The van der Waals surface area contributed by atoms with E-state index in [2.05, 4.69) is 25.1 Å². The van der Waals surface area contributed by atoms with Crippen molar-refractivity contribution in [3.63, 3.8) is 0 Å². The summed E-state index contributed by atoms with van der Waals surface area (Å²) in [4.78, 5) is 29.7. The van der Waals surface area contributed by atoms with Crippen LogP contribution in [0.2, 0.25) is 5.02 Å². The van der Waals surface area contributed by atoms with Crippen molar-refractivity contribution >= 4 is 39.0 Å². The quantitative estimate of drug-likeness (QED) is 0.331. The van der Waals surface area contributed by atoms with E-state index in [0.717, 1.165) is 37.8 Å². The maximum Gasteiger partial charge on any atom is 0.286 e. The fourth-order valence-electron chi connectivity index (χ4n) is 8.08. The highest BCUT2D eigenvalue weighted by Gasteiger charge is 2.44. The monoisotopic (exact) mass is 737 g/mol. The van der Waals surface area contributed by atoms with Crippen LogP contribution in [-0.4, -0.2) is 80.8 Å². The van der Waals surface area contributed by atoms with Gasteiger partial charge in [0.1, 0.15) is 21.2 Å². The van der Waals surface area contributed by atoms with Crippen molar-refractivity contribution < 1.29 is 33.5 Å². The number of carbonyl (C=O) groups is 2. The van der Waals surface area contributed by atoms with Crippen molar-refractivity contribution in [2.24, 2.45) is 29.2 Å². The van der Waals surface area contributed by atoms with E-state index in [0.29, 0.717) is 30.5 Å². The van der Waals surface area contributed by atoms with Crippen LogP contribution in [0.15, 0.2) is 59.1 Å². The zero-order chi connectivity index (χ0) is 36.1. The minimum Gasteiger partial charge on any atom is -0.490 e. The molecule has 1 spiro atoms. The molecule has 272 valence electrons. The summed E-state index contributed by atoms with van der Waals surface area (Å²) in [7, 11) is -0.840. The summed E-state index contributed by atoms with van der Waals surface area (Å²) < 4.78 is 34.3. The van der Waals surface area contributed by atoms with E-state index >= 15 is 0 Å². The molecule has 1 unspecified atom stereocenters. The molecule has 2 aliphatic heterocycles. The summed E-state index contributed by atoms with van der Waals surface area (Å²) >= 11 is 6.42. The number of aliphatic hydroxyl groups is 2. The van der Waals surface area contributed by atoms with E-state index < -0.39 is 39.9 Å². The van der Waals surface area contributed by atoms with Gasteiger partial charge in [-0.3, -0.25) is 19.0 Å². The van der Waals surface area contributed by atoms with Crippen molar-refractivity contribution in [3.8, 4) is 11.6 Å². The van der Waals surface area contributed by atoms with Crippen LogP contribution in [0, 0.1) is 17.8 Å². The number of nitrogens with one attached hydrogen (secondary N) is 1. The molecule has 2 aromatic carbocycles. The number of benzene rings is 2. The second-order valence-corrected chi connectivity index (χ2v) is 16.9. The largest absolute Gasteiger partial charge is 0.490 e. The molecule has 3 N–H and O–H groups in total. The number of carbonyl (C=O) groups excluding carboxylic acids is 2. The highest BCUT2D eigenvalue weighted by molar-refractivity contribution is 7.92. The highest BCUT2D eigenvalue weighted by Crippen LogP contribution is 2.47. The fraction of sp³-hybridized carbons (Fsp3) is 0.486. The number of amides is 2. The zero-order valence-electron chi connectivity index (χ0n) is 29.0. The number of methoxy groups -OCH3 is 1. The molecule has 2 bridgehead atoms. The SMILES string of the molecule is COc1nn(C)cc1C(=O)NS1(=O)=NC(=O)c2ccc3c(c2)N(C[C@@H]2CC[C@H]2[C@@H](O)/C=C\[C@H](O)[C@H](C)C1)C[C@@]1(CCCc2cc(Cl)ccc21)CO3. The van der Waals surface area contributed by atoms with Gasteiger partial charge in [0.25, 0.3) is 11.8 Å². The third kappa shape index (κ3) is 7.01. The van der Waals surface area contributed by atoms with Gasteiger partial charge in [-0.2, -0.15) is 0 Å². The number of anilines is 1. The second kappa shape index (κ2) is 13.9. The van der Waals surface area contributed by atoms with Crippen LogP contribution in [0.25, 0.3) is 0 Å². The molecule has 7 atom stereocenters. The first kappa shape index (κ1) is 35.5. The summed E-state index contributed by atoms with van der Waals surface area (Å²) in [6.07, 6.45) is 7.18. The van der Waals surface area contributed by atoms with Crippen molar-refractivity contribution in [1.29, 1.82) is 0 Å². The lowest BCUT2D eigenvalue weighted by atomic mass is 9.68. The van der Waals surface area contributed by atoms with Crippen molar-refractivity contribution in [2.45, 2.75) is 56.7 Å². The molecule has 14 heteroatoms. The van der Waals surface area contributed by atoms with Crippen LogP contribution in [-0.2, 0) is 28.8 Å². The number of hydrogen-bond donors (Lipinski definition) is 3. The molecule has 1 fully saturated rings. The first-order valence-corrected chi connectivity index (χ1v) is 19.5. The molecule has 2 amide bonds. The predicted molar refractivity (Wildman–Crippen MR) is 194 cm³/mol. The van der Waals surface area contributed by atoms with E-state index in [4.69, 9.17) is 21.1 Å². The summed E-state index contributed by atoms with van der Waals surface area (Å²) in [5.41, 5.74) is 3.00. The van der Waals surface area contributed by atoms with Crippen molar-refractivity contribution in [1.82, 2.24) is 14.5 Å². The molecule has 0 saturated heterocycles. The molecular weight excluding hydrogens is 694 g/mol. The lowest BCUT2D eigenvalue weighted by molar-refractivity contribution is 0.0446. The van der Waals surface area contributed by atoms with Crippen LogP contribution >= 0.6 is 11.6 Å². The number of ether oxygens (including phenoxy) is 2. The third-order valence-corrected chi connectivity index (χ3v) is 13.1. The summed E-state index contributed by atoms with van der Waals surface area (Å²) in [6.45, 7) is 3.33. The average molecular weight is 738 g/mol. The normalized spacial score (nSPS) is 31.2. The molecule has 7 rings (SSSR count). The minimum atomic E-state index is -3.81. The van der Waals surface area contributed by atoms with Crippen LogP contribution in [0.1, 0.15) is 64.4 Å². The molecular formula is C37H44ClN5O7S. The number of aryl methyl sites for hydroxylation is 2. The van der Waals surface area contributed by atoms with Gasteiger partial charge in [-0.25, -0.2) is 4.21 Å².